The van der Waals surface area contributed by atoms with Gasteiger partial charge in [-0.05, 0) is 101 Å². The zero-order valence-electron chi connectivity index (χ0n) is 29.1. The van der Waals surface area contributed by atoms with E-state index in [0.717, 1.165) is 56.9 Å². The fraction of sp³-hybridized carbons (Fsp3) is 0.143. The fourth-order valence-corrected chi connectivity index (χ4v) is 4.30. The molecule has 0 aliphatic heterocycles. The summed E-state index contributed by atoms with van der Waals surface area (Å²) in [6, 6.07) is 36.6. The molecular formula is C42H41ClO9. The normalized spacial score (nSPS) is 10.3. The van der Waals surface area contributed by atoms with Gasteiger partial charge in [0.1, 0.15) is 42.0 Å². The van der Waals surface area contributed by atoms with E-state index in [4.69, 9.17) is 45.5 Å². The lowest BCUT2D eigenvalue weighted by Gasteiger charge is -2.07. The van der Waals surface area contributed by atoms with E-state index < -0.39 is 11.9 Å². The Morgan fingerprint density at radius 3 is 1.40 bits per heavy atom. The van der Waals surface area contributed by atoms with Crippen LogP contribution in [0.1, 0.15) is 27.8 Å². The molecule has 0 heterocycles. The molecule has 0 atom stereocenters. The molecule has 5 aromatic rings. The van der Waals surface area contributed by atoms with Crippen LogP contribution in [0.3, 0.4) is 0 Å². The van der Waals surface area contributed by atoms with E-state index in [0.29, 0.717) is 12.5 Å². The van der Waals surface area contributed by atoms with Crippen LogP contribution in [0.5, 0.6) is 28.7 Å². The van der Waals surface area contributed by atoms with Crippen LogP contribution in [-0.2, 0) is 33.4 Å². The summed E-state index contributed by atoms with van der Waals surface area (Å²) in [4.78, 5) is 22.0. The highest BCUT2D eigenvalue weighted by atomic mass is 35.5. The summed E-state index contributed by atoms with van der Waals surface area (Å²) < 4.78 is 26.3. The van der Waals surface area contributed by atoms with Gasteiger partial charge in [0.2, 0.25) is 0 Å². The summed E-state index contributed by atoms with van der Waals surface area (Å²) in [5.41, 5.74) is 4.70. The Bertz CT molecular complexity index is 1810. The Balaban J connectivity index is 0.000000269. The zero-order valence-corrected chi connectivity index (χ0v) is 29.9. The summed E-state index contributed by atoms with van der Waals surface area (Å²) in [6.07, 6.45) is 5.63. The third-order valence-electron chi connectivity index (χ3n) is 7.02. The third-order valence-corrected chi connectivity index (χ3v) is 7.33. The number of esters is 1. The average molecular weight is 725 g/mol. The van der Waals surface area contributed by atoms with Gasteiger partial charge in [-0.1, -0.05) is 60.7 Å². The van der Waals surface area contributed by atoms with E-state index in [1.54, 1.807) is 39.5 Å². The second kappa shape index (κ2) is 22.5. The number of aromatic hydroxyl groups is 1. The molecule has 0 aromatic heterocycles. The molecule has 52 heavy (non-hydrogen) atoms. The molecule has 5 rings (SSSR count). The first kappa shape index (κ1) is 40.2. The van der Waals surface area contributed by atoms with E-state index in [9.17, 15) is 9.59 Å². The van der Waals surface area contributed by atoms with Crippen LogP contribution in [0.25, 0.3) is 12.2 Å². The van der Waals surface area contributed by atoms with Crippen LogP contribution in [0.15, 0.2) is 133 Å². The number of benzene rings is 5. The number of carbonyl (C=O) groups is 2. The van der Waals surface area contributed by atoms with Gasteiger partial charge < -0.3 is 33.9 Å². The average Bonchev–Trinajstić information content (AvgIpc) is 3.19. The van der Waals surface area contributed by atoms with Crippen molar-refractivity contribution in [2.75, 3.05) is 21.3 Å². The second-order valence-electron chi connectivity index (χ2n) is 10.7. The van der Waals surface area contributed by atoms with Crippen molar-refractivity contribution in [3.63, 3.8) is 0 Å². The van der Waals surface area contributed by atoms with Gasteiger partial charge in [0.05, 0.1) is 21.3 Å². The van der Waals surface area contributed by atoms with Crippen LogP contribution in [-0.4, -0.2) is 43.5 Å². The van der Waals surface area contributed by atoms with Crippen LogP contribution in [0.4, 0.5) is 0 Å². The molecule has 10 heteroatoms. The van der Waals surface area contributed by atoms with E-state index in [1.165, 1.54) is 24.3 Å². The van der Waals surface area contributed by atoms with Gasteiger partial charge >= 0.3 is 11.9 Å². The summed E-state index contributed by atoms with van der Waals surface area (Å²) in [5.74, 6) is 2.55. The molecule has 0 fully saturated rings. The highest BCUT2D eigenvalue weighted by Crippen LogP contribution is 2.18. The number of hydrogen-bond acceptors (Lipinski definition) is 8. The summed E-state index contributed by atoms with van der Waals surface area (Å²) in [5, 5.41) is 17.2. The molecule has 0 radical (unpaired) electrons. The largest absolute Gasteiger partial charge is 0.508 e. The number of aliphatic carboxylic acids is 1. The van der Waals surface area contributed by atoms with Gasteiger partial charge in [-0.3, -0.25) is 0 Å². The molecule has 0 saturated heterocycles. The van der Waals surface area contributed by atoms with Gasteiger partial charge in [-0.25, -0.2) is 9.59 Å². The number of rotatable bonds is 13. The van der Waals surface area contributed by atoms with Crippen molar-refractivity contribution in [1.82, 2.24) is 0 Å². The second-order valence-corrected chi connectivity index (χ2v) is 11.0. The molecule has 0 bridgehead atoms. The maximum atomic E-state index is 11.9. The highest BCUT2D eigenvalue weighted by Gasteiger charge is 2.01. The van der Waals surface area contributed by atoms with E-state index in [2.05, 4.69) is 0 Å². The van der Waals surface area contributed by atoms with Gasteiger partial charge in [-0.2, -0.15) is 0 Å². The number of phenols is 1. The Morgan fingerprint density at radius 1 is 0.558 bits per heavy atom. The molecule has 2 N–H and O–H groups in total. The number of alkyl halides is 1. The Hall–Kier alpha value is -6.19. The predicted octanol–water partition coefficient (Wildman–Crippen LogP) is 8.96. The summed E-state index contributed by atoms with van der Waals surface area (Å²) in [6.45, 7) is 0.683. The predicted molar refractivity (Wildman–Crippen MR) is 203 cm³/mol. The molecular weight excluding hydrogens is 684 g/mol. The third kappa shape index (κ3) is 15.6. The van der Waals surface area contributed by atoms with Crippen LogP contribution < -0.4 is 18.9 Å². The minimum atomic E-state index is -0.983. The van der Waals surface area contributed by atoms with Crippen molar-refractivity contribution < 1.29 is 43.5 Å². The number of methoxy groups -OCH3 is 3. The molecule has 0 saturated carbocycles. The maximum absolute atomic E-state index is 11.9. The topological polar surface area (TPSA) is 121 Å². The molecule has 270 valence electrons. The molecule has 0 unspecified atom stereocenters. The lowest BCUT2D eigenvalue weighted by molar-refractivity contribution is -0.139. The molecule has 0 spiro atoms. The van der Waals surface area contributed by atoms with Crippen LogP contribution >= 0.6 is 11.6 Å². The fourth-order valence-electron chi connectivity index (χ4n) is 4.12. The highest BCUT2D eigenvalue weighted by molar-refractivity contribution is 6.17. The first-order valence-corrected chi connectivity index (χ1v) is 16.5. The van der Waals surface area contributed by atoms with E-state index >= 15 is 0 Å². The van der Waals surface area contributed by atoms with Crippen LogP contribution in [0.2, 0.25) is 0 Å². The van der Waals surface area contributed by atoms with Gasteiger partial charge in [0, 0.05) is 18.0 Å². The van der Waals surface area contributed by atoms with E-state index in [1.807, 2.05) is 97.1 Å². The summed E-state index contributed by atoms with van der Waals surface area (Å²) in [7, 11) is 4.90. The molecule has 0 aliphatic carbocycles. The lowest BCUT2D eigenvalue weighted by Crippen LogP contribution is -2.00. The van der Waals surface area contributed by atoms with Gasteiger partial charge in [0.25, 0.3) is 0 Å². The molecule has 9 nitrogen and oxygen atoms in total. The standard InChI is InChI=1S/C25H24O5.C9H8O3.C8H9ClO/c1-27-22-10-5-20(6-11-22)17-29-24-14-3-19(4-15-24)9-16-25(26)30-18-21-7-12-23(28-2)13-8-21;10-8-4-1-7(2-5-8)3-6-9(11)12;1-10-8-4-2-7(6-9)3-5-8/h3-16H,17-18H2,1-2H3;1-6,10H,(H,11,12);2-5H,6H2,1H3/b16-9+;6-3+;. The molecule has 0 aliphatic rings. The van der Waals surface area contributed by atoms with Crippen molar-refractivity contribution >= 4 is 35.7 Å². The van der Waals surface area contributed by atoms with Crippen molar-refractivity contribution in [3.05, 3.63) is 161 Å². The van der Waals surface area contributed by atoms with Crippen LogP contribution in [0, 0.1) is 0 Å². The monoisotopic (exact) mass is 724 g/mol. The molecule has 5 aromatic carbocycles. The van der Waals surface area contributed by atoms with Crippen molar-refractivity contribution in [1.29, 1.82) is 0 Å². The minimum Gasteiger partial charge on any atom is -0.508 e. The van der Waals surface area contributed by atoms with Gasteiger partial charge in [0.15, 0.2) is 0 Å². The number of hydrogen-bond donors (Lipinski definition) is 2. The van der Waals surface area contributed by atoms with E-state index in [-0.39, 0.29) is 12.4 Å². The number of carboxylic acids is 1. The quantitative estimate of drug-likeness (QED) is 0.0696. The van der Waals surface area contributed by atoms with Gasteiger partial charge in [-0.15, -0.1) is 11.6 Å². The Kier molecular flexibility index (Phi) is 17.4. The minimum absolute atomic E-state index is 0.169. The SMILES string of the molecule is COc1ccc(CCl)cc1.COc1ccc(COC(=O)/C=C/c2ccc(OCc3ccc(OC)cc3)cc2)cc1.O=C(O)/C=C/c1ccc(O)cc1. The Labute approximate surface area is 308 Å². The number of ether oxygens (including phenoxy) is 5. The number of carbonyl (C=O) groups excluding carboxylic acids is 1. The zero-order chi connectivity index (χ0) is 37.6. The van der Waals surface area contributed by atoms with Crippen molar-refractivity contribution in [2.24, 2.45) is 0 Å². The van der Waals surface area contributed by atoms with Crippen molar-refractivity contribution in [2.45, 2.75) is 19.1 Å². The first-order chi connectivity index (χ1) is 25.2. The lowest BCUT2D eigenvalue weighted by atomic mass is 10.2. The smallest absolute Gasteiger partial charge is 0.331 e. The number of halogens is 1. The molecule has 0 amide bonds. The number of phenolic OH excluding ortho intramolecular Hbond substituents is 1. The maximum Gasteiger partial charge on any atom is 0.331 e. The first-order valence-electron chi connectivity index (χ1n) is 15.9. The van der Waals surface area contributed by atoms with Crippen molar-refractivity contribution in [3.8, 4) is 28.7 Å². The summed E-state index contributed by atoms with van der Waals surface area (Å²) >= 11 is 5.58. The Morgan fingerprint density at radius 2 is 0.962 bits per heavy atom. The number of carboxylic acid groups (broad SMARTS) is 1.